The molecule has 3 nitrogen and oxygen atoms in total. The van der Waals surface area contributed by atoms with Gasteiger partial charge in [0, 0.05) is 4.47 Å². The molecule has 1 N–H and O–H groups in total. The summed E-state index contributed by atoms with van der Waals surface area (Å²) >= 11 is 10.2. The molecule has 1 aliphatic heterocycles. The van der Waals surface area contributed by atoms with E-state index < -0.39 is 10.4 Å². The van der Waals surface area contributed by atoms with Gasteiger partial charge in [0.2, 0.25) is 4.87 Å². The lowest BCUT2D eigenvalue weighted by Gasteiger charge is -2.32. The molecule has 2 fully saturated rings. The van der Waals surface area contributed by atoms with E-state index in [1.165, 1.54) is 0 Å². The van der Waals surface area contributed by atoms with E-state index in [0.29, 0.717) is 18.4 Å². The van der Waals surface area contributed by atoms with Crippen molar-refractivity contribution in [3.8, 4) is 0 Å². The average molecular weight is 385 g/mol. The van der Waals surface area contributed by atoms with E-state index in [-0.39, 0.29) is 11.7 Å². The Hall–Kier alpha value is -0.870. The van der Waals surface area contributed by atoms with Crippen LogP contribution in [0.2, 0.25) is 0 Å². The first-order valence-corrected chi connectivity index (χ1v) is 8.82. The smallest absolute Gasteiger partial charge is 0.254 e. The van der Waals surface area contributed by atoms with Crippen LogP contribution in [-0.2, 0) is 14.5 Å². The minimum atomic E-state index is -1.59. The lowest BCUT2D eigenvalue weighted by atomic mass is 9.75. The van der Waals surface area contributed by atoms with Crippen molar-refractivity contribution in [1.29, 1.82) is 0 Å². The topological polar surface area (TPSA) is 46.2 Å². The zero-order chi connectivity index (χ0) is 16.1. The molecular weight excluding hydrogens is 366 g/mol. The van der Waals surface area contributed by atoms with E-state index in [9.17, 15) is 9.59 Å². The van der Waals surface area contributed by atoms with Crippen molar-refractivity contribution in [2.75, 3.05) is 0 Å². The van der Waals surface area contributed by atoms with Crippen molar-refractivity contribution in [3.05, 3.63) is 33.3 Å². The van der Waals surface area contributed by atoms with Crippen LogP contribution in [0.5, 0.6) is 0 Å². The molecular formula is C17H19BrClNO2. The van der Waals surface area contributed by atoms with Crippen LogP contribution in [0.3, 0.4) is 0 Å². The van der Waals surface area contributed by atoms with Crippen LogP contribution in [-0.4, -0.2) is 17.2 Å². The summed E-state index contributed by atoms with van der Waals surface area (Å²) in [5.74, 6) is -0.533. The number of hydrogen-bond donors (Lipinski definition) is 1. The third-order valence-corrected chi connectivity index (χ3v) is 5.95. The van der Waals surface area contributed by atoms with Gasteiger partial charge in [-0.3, -0.25) is 9.59 Å². The summed E-state index contributed by atoms with van der Waals surface area (Å²) in [7, 11) is 0. The Kier molecular flexibility index (Phi) is 3.89. The van der Waals surface area contributed by atoms with Gasteiger partial charge in [-0.25, -0.2) is 0 Å². The van der Waals surface area contributed by atoms with Crippen molar-refractivity contribution < 1.29 is 9.59 Å². The van der Waals surface area contributed by atoms with E-state index in [0.717, 1.165) is 34.9 Å². The molecule has 3 rings (SSSR count). The molecule has 1 aromatic rings. The quantitative estimate of drug-likeness (QED) is 0.589. The number of nitrogens with one attached hydrogen (secondary N) is 1. The van der Waals surface area contributed by atoms with E-state index >= 15 is 0 Å². The Bertz CT molecular complexity index is 644. The highest BCUT2D eigenvalue weighted by Gasteiger charge is 2.63. The van der Waals surface area contributed by atoms with E-state index in [2.05, 4.69) is 21.2 Å². The fraction of sp³-hybridized carbons (Fsp3) is 0.529. The molecule has 1 atom stereocenters. The van der Waals surface area contributed by atoms with E-state index in [1.54, 1.807) is 0 Å². The molecule has 5 heteroatoms. The number of benzene rings is 1. The zero-order valence-corrected chi connectivity index (χ0v) is 15.1. The maximum Gasteiger partial charge on any atom is 0.254 e. The summed E-state index contributed by atoms with van der Waals surface area (Å²) in [6.45, 7) is 3.79. The van der Waals surface area contributed by atoms with Gasteiger partial charge in [-0.15, -0.1) is 0 Å². The van der Waals surface area contributed by atoms with Crippen molar-refractivity contribution in [3.63, 3.8) is 0 Å². The Morgan fingerprint density at radius 2 is 1.64 bits per heavy atom. The predicted molar refractivity (Wildman–Crippen MR) is 90.1 cm³/mol. The lowest BCUT2D eigenvalue weighted by Crippen LogP contribution is -2.48. The van der Waals surface area contributed by atoms with Crippen molar-refractivity contribution in [2.45, 2.75) is 56.4 Å². The van der Waals surface area contributed by atoms with Gasteiger partial charge in [0.05, 0.1) is 0 Å². The van der Waals surface area contributed by atoms with Gasteiger partial charge in [0.15, 0.2) is 5.78 Å². The summed E-state index contributed by atoms with van der Waals surface area (Å²) in [6, 6.07) is 3.80. The third-order valence-electron chi connectivity index (χ3n) is 4.96. The minimum absolute atomic E-state index is 0.167. The van der Waals surface area contributed by atoms with Crippen LogP contribution in [0, 0.1) is 13.8 Å². The number of ketones is 1. The van der Waals surface area contributed by atoms with Gasteiger partial charge in [0.25, 0.3) is 5.91 Å². The molecule has 0 radical (unpaired) electrons. The SMILES string of the molecule is Cc1cc(Br)cc(C)c1C1(Cl)C(=O)NC2(CCCCC2)C1=O. The molecule has 1 amide bonds. The fourth-order valence-corrected chi connectivity index (χ4v) is 5.19. The van der Waals surface area contributed by atoms with E-state index in [4.69, 9.17) is 11.6 Å². The second kappa shape index (κ2) is 5.34. The number of amides is 1. The second-order valence-corrected chi connectivity index (χ2v) is 7.98. The van der Waals surface area contributed by atoms with Gasteiger partial charge >= 0.3 is 0 Å². The van der Waals surface area contributed by atoms with Crippen molar-refractivity contribution in [1.82, 2.24) is 5.32 Å². The van der Waals surface area contributed by atoms with Gasteiger partial charge < -0.3 is 5.32 Å². The van der Waals surface area contributed by atoms with Crippen LogP contribution in [0.15, 0.2) is 16.6 Å². The van der Waals surface area contributed by atoms with Crippen LogP contribution >= 0.6 is 27.5 Å². The number of rotatable bonds is 1. The maximum atomic E-state index is 13.2. The molecule has 1 heterocycles. The standard InChI is InChI=1S/C17H19BrClNO2/c1-10-8-12(18)9-11(2)13(10)17(19)14(21)16(20-15(17)22)6-4-3-5-7-16/h8-9H,3-7H2,1-2H3,(H,20,22). The Morgan fingerprint density at radius 3 is 2.18 bits per heavy atom. The second-order valence-electron chi connectivity index (χ2n) is 6.50. The molecule has 1 saturated heterocycles. The molecule has 2 aliphatic rings. The Labute approximate surface area is 143 Å². The predicted octanol–water partition coefficient (Wildman–Crippen LogP) is 3.90. The largest absolute Gasteiger partial charge is 0.341 e. The summed E-state index contributed by atoms with van der Waals surface area (Å²) in [5, 5.41) is 2.94. The highest BCUT2D eigenvalue weighted by atomic mass is 79.9. The van der Waals surface area contributed by atoms with Gasteiger partial charge in [-0.1, -0.05) is 46.8 Å². The molecule has 0 aromatic heterocycles. The maximum absolute atomic E-state index is 13.2. The fourth-order valence-electron chi connectivity index (χ4n) is 3.98. The molecule has 0 bridgehead atoms. The van der Waals surface area contributed by atoms with E-state index in [1.807, 2.05) is 26.0 Å². The van der Waals surface area contributed by atoms with Gasteiger partial charge in [0.1, 0.15) is 5.54 Å². The molecule has 1 spiro atoms. The molecule has 1 unspecified atom stereocenters. The number of hydrogen-bond acceptors (Lipinski definition) is 2. The molecule has 118 valence electrons. The third kappa shape index (κ3) is 2.15. The van der Waals surface area contributed by atoms with Crippen LogP contribution in [0.1, 0.15) is 48.8 Å². The summed E-state index contributed by atoms with van der Waals surface area (Å²) in [4.78, 5) is 24.3. The first-order chi connectivity index (χ1) is 10.3. The highest BCUT2D eigenvalue weighted by Crippen LogP contribution is 2.47. The summed E-state index contributed by atoms with van der Waals surface area (Å²) < 4.78 is 0.921. The number of carbonyl (C=O) groups is 2. The van der Waals surface area contributed by atoms with Crippen molar-refractivity contribution >= 4 is 39.2 Å². The average Bonchev–Trinajstić information content (AvgIpc) is 2.61. The molecule has 1 aliphatic carbocycles. The van der Waals surface area contributed by atoms with Gasteiger partial charge in [-0.05, 0) is 55.5 Å². The van der Waals surface area contributed by atoms with Crippen LogP contribution < -0.4 is 5.32 Å². The number of aryl methyl sites for hydroxylation is 2. The molecule has 1 aromatic carbocycles. The number of alkyl halides is 1. The first kappa shape index (κ1) is 16.0. The van der Waals surface area contributed by atoms with Crippen molar-refractivity contribution in [2.24, 2.45) is 0 Å². The monoisotopic (exact) mass is 383 g/mol. The number of Topliss-reactive ketones (excluding diaryl/α,β-unsaturated/α-hetero) is 1. The van der Waals surface area contributed by atoms with Crippen LogP contribution in [0.25, 0.3) is 0 Å². The van der Waals surface area contributed by atoms with Crippen LogP contribution in [0.4, 0.5) is 0 Å². The normalized spacial score (nSPS) is 27.3. The summed E-state index contributed by atoms with van der Waals surface area (Å²) in [6.07, 6.45) is 4.41. The first-order valence-electron chi connectivity index (χ1n) is 7.65. The lowest BCUT2D eigenvalue weighted by molar-refractivity contribution is -0.127. The Morgan fingerprint density at radius 1 is 1.09 bits per heavy atom. The number of halogens is 2. The van der Waals surface area contributed by atoms with Gasteiger partial charge in [-0.2, -0.15) is 0 Å². The Balaban J connectivity index is 2.14. The zero-order valence-electron chi connectivity index (χ0n) is 12.8. The highest BCUT2D eigenvalue weighted by molar-refractivity contribution is 9.10. The minimum Gasteiger partial charge on any atom is -0.341 e. The molecule has 22 heavy (non-hydrogen) atoms. The number of carbonyl (C=O) groups excluding carboxylic acids is 2. The summed E-state index contributed by atoms with van der Waals surface area (Å²) in [5.41, 5.74) is 1.60. The molecule has 1 saturated carbocycles.